The van der Waals surface area contributed by atoms with E-state index in [4.69, 9.17) is 10.2 Å². The Hall–Kier alpha value is -2.37. The number of phenolic OH excluding ortho intramolecular Hbond substituents is 1. The quantitative estimate of drug-likeness (QED) is 0.817. The molecule has 0 aliphatic heterocycles. The lowest BCUT2D eigenvalue weighted by atomic mass is 10.1. The summed E-state index contributed by atoms with van der Waals surface area (Å²) in [6, 6.07) is 5.70. The Morgan fingerprint density at radius 2 is 1.82 bits per heavy atom. The van der Waals surface area contributed by atoms with E-state index < -0.39 is 12.0 Å². The molecule has 0 radical (unpaired) electrons. The molecule has 1 heterocycles. The van der Waals surface area contributed by atoms with E-state index >= 15 is 0 Å². The van der Waals surface area contributed by atoms with Crippen LogP contribution in [-0.2, 0) is 11.2 Å². The Balaban J connectivity index is 2.19. The van der Waals surface area contributed by atoms with Gasteiger partial charge in [0.25, 0.3) is 0 Å². The minimum atomic E-state index is -0.946. The van der Waals surface area contributed by atoms with Crippen molar-refractivity contribution >= 4 is 5.97 Å². The van der Waals surface area contributed by atoms with E-state index in [0.717, 1.165) is 5.56 Å². The highest BCUT2D eigenvalue weighted by atomic mass is 16.4. The van der Waals surface area contributed by atoms with Crippen LogP contribution < -0.4 is 0 Å². The molecule has 0 bridgehead atoms. The van der Waals surface area contributed by atoms with Gasteiger partial charge in [0, 0.05) is 6.42 Å². The topological polar surface area (TPSA) is 88.2 Å². The third kappa shape index (κ3) is 2.60. The van der Waals surface area contributed by atoms with Gasteiger partial charge in [-0.25, -0.2) is 4.79 Å². The highest BCUT2D eigenvalue weighted by Gasteiger charge is 2.19. The summed E-state index contributed by atoms with van der Waals surface area (Å²) in [5, 5.41) is 25.5. The summed E-state index contributed by atoms with van der Waals surface area (Å²) >= 11 is 0. The van der Waals surface area contributed by atoms with Gasteiger partial charge in [-0.3, -0.25) is 0 Å². The lowest BCUT2D eigenvalue weighted by Crippen LogP contribution is -2.20. The molecule has 1 aromatic heterocycles. The fraction of sp³-hybridized carbons (Fsp3) is 0.182. The maximum Gasteiger partial charge on any atom is 0.327 e. The van der Waals surface area contributed by atoms with E-state index in [1.54, 1.807) is 12.1 Å². The highest BCUT2D eigenvalue weighted by molar-refractivity contribution is 5.72. The van der Waals surface area contributed by atoms with E-state index in [-0.39, 0.29) is 5.75 Å². The molecule has 1 aromatic carbocycles. The second-order valence-electron chi connectivity index (χ2n) is 3.63. The van der Waals surface area contributed by atoms with Crippen molar-refractivity contribution in [3.63, 3.8) is 0 Å². The molecule has 0 saturated heterocycles. The zero-order chi connectivity index (χ0) is 12.3. The van der Waals surface area contributed by atoms with Gasteiger partial charge in [0.05, 0.1) is 0 Å². The second-order valence-corrected chi connectivity index (χ2v) is 3.63. The molecule has 17 heavy (non-hydrogen) atoms. The lowest BCUT2D eigenvalue weighted by molar-refractivity contribution is -0.140. The van der Waals surface area contributed by atoms with Crippen LogP contribution in [-0.4, -0.2) is 30.9 Å². The van der Waals surface area contributed by atoms with Crippen LogP contribution in [0.15, 0.2) is 36.9 Å². The van der Waals surface area contributed by atoms with Gasteiger partial charge in [-0.05, 0) is 17.7 Å². The first kappa shape index (κ1) is 11.1. The van der Waals surface area contributed by atoms with Crippen LogP contribution in [0.4, 0.5) is 0 Å². The molecule has 0 spiro atoms. The maximum atomic E-state index is 11.1. The number of carboxylic acid groups (broad SMARTS) is 1. The zero-order valence-corrected chi connectivity index (χ0v) is 8.89. The maximum absolute atomic E-state index is 11.1. The molecule has 88 valence electrons. The van der Waals surface area contributed by atoms with Gasteiger partial charge in [0.15, 0.2) is 0 Å². The Bertz CT molecular complexity index is 493. The van der Waals surface area contributed by atoms with Crippen LogP contribution in [0.3, 0.4) is 0 Å². The largest absolute Gasteiger partial charge is 0.508 e. The van der Waals surface area contributed by atoms with Gasteiger partial charge >= 0.3 is 5.97 Å². The number of nitrogens with zero attached hydrogens (tertiary/aromatic N) is 3. The number of rotatable bonds is 4. The summed E-state index contributed by atoms with van der Waals surface area (Å²) in [7, 11) is 0. The zero-order valence-electron chi connectivity index (χ0n) is 8.89. The minimum Gasteiger partial charge on any atom is -0.508 e. The van der Waals surface area contributed by atoms with Gasteiger partial charge < -0.3 is 14.8 Å². The first-order valence-electron chi connectivity index (χ1n) is 5.01. The van der Waals surface area contributed by atoms with E-state index in [1.165, 1.54) is 29.4 Å². The molecule has 1 unspecified atom stereocenters. The third-order valence-electron chi connectivity index (χ3n) is 2.45. The summed E-state index contributed by atoms with van der Waals surface area (Å²) in [5.74, 6) is -0.789. The number of carbonyl (C=O) groups is 1. The number of aromatic nitrogens is 3. The fourth-order valence-corrected chi connectivity index (χ4v) is 1.55. The first-order chi connectivity index (χ1) is 8.16. The van der Waals surface area contributed by atoms with Crippen LogP contribution in [0.25, 0.3) is 0 Å². The molecule has 2 rings (SSSR count). The average molecular weight is 233 g/mol. The summed E-state index contributed by atoms with van der Waals surface area (Å²) < 4.78 is 1.44. The third-order valence-corrected chi connectivity index (χ3v) is 2.45. The standard InChI is InChI=1S/C11H11N3O3/c15-9-3-1-8(2-4-9)5-10(11(16)17)14-6-12-13-7-14/h1-4,6-7,10,15H,5H2,(H,16,17). The number of hydrogen-bond acceptors (Lipinski definition) is 4. The lowest BCUT2D eigenvalue weighted by Gasteiger charge is -2.12. The van der Waals surface area contributed by atoms with E-state index in [2.05, 4.69) is 10.2 Å². The van der Waals surface area contributed by atoms with E-state index in [1.807, 2.05) is 0 Å². The monoisotopic (exact) mass is 233 g/mol. The molecule has 6 nitrogen and oxygen atoms in total. The van der Waals surface area contributed by atoms with Gasteiger partial charge in [-0.1, -0.05) is 12.1 Å². The van der Waals surface area contributed by atoms with Gasteiger partial charge in [-0.15, -0.1) is 10.2 Å². The van der Waals surface area contributed by atoms with Crippen LogP contribution >= 0.6 is 0 Å². The average Bonchev–Trinajstić information content (AvgIpc) is 2.81. The van der Waals surface area contributed by atoms with Crippen LogP contribution in [0.2, 0.25) is 0 Å². The molecule has 0 saturated carbocycles. The van der Waals surface area contributed by atoms with Crippen molar-refractivity contribution in [3.05, 3.63) is 42.5 Å². The SMILES string of the molecule is O=C(O)C(Cc1ccc(O)cc1)n1cnnc1. The molecule has 1 atom stereocenters. The van der Waals surface area contributed by atoms with Gasteiger partial charge in [0.1, 0.15) is 24.4 Å². The molecule has 0 aliphatic rings. The molecular weight excluding hydrogens is 222 g/mol. The van der Waals surface area contributed by atoms with Gasteiger partial charge in [0.2, 0.25) is 0 Å². The Kier molecular flexibility index (Phi) is 3.04. The molecule has 0 amide bonds. The normalized spacial score (nSPS) is 12.2. The molecule has 6 heteroatoms. The second kappa shape index (κ2) is 4.65. The van der Waals surface area contributed by atoms with Crippen LogP contribution in [0, 0.1) is 0 Å². The van der Waals surface area contributed by atoms with Crippen LogP contribution in [0.5, 0.6) is 5.75 Å². The summed E-state index contributed by atoms with van der Waals surface area (Å²) in [6.45, 7) is 0. The summed E-state index contributed by atoms with van der Waals surface area (Å²) in [6.07, 6.45) is 3.06. The number of aliphatic carboxylic acids is 1. The van der Waals surface area contributed by atoms with Crippen molar-refractivity contribution in [1.29, 1.82) is 0 Å². The Morgan fingerprint density at radius 1 is 1.24 bits per heavy atom. The molecular formula is C11H11N3O3. The Morgan fingerprint density at radius 3 is 2.35 bits per heavy atom. The molecule has 0 fully saturated rings. The number of hydrogen-bond donors (Lipinski definition) is 2. The van der Waals surface area contributed by atoms with Crippen molar-refractivity contribution in [2.45, 2.75) is 12.5 Å². The van der Waals surface area contributed by atoms with E-state index in [0.29, 0.717) is 6.42 Å². The van der Waals surface area contributed by atoms with Crippen molar-refractivity contribution < 1.29 is 15.0 Å². The summed E-state index contributed by atoms with van der Waals surface area (Å²) in [4.78, 5) is 11.1. The number of carboxylic acids is 1. The minimum absolute atomic E-state index is 0.157. The van der Waals surface area contributed by atoms with Crippen molar-refractivity contribution in [2.75, 3.05) is 0 Å². The first-order valence-corrected chi connectivity index (χ1v) is 5.01. The Labute approximate surface area is 97.2 Å². The number of phenols is 1. The predicted molar refractivity (Wildman–Crippen MR) is 58.5 cm³/mol. The molecule has 2 aromatic rings. The predicted octanol–water partition coefficient (Wildman–Crippen LogP) is 0.852. The summed E-state index contributed by atoms with van der Waals surface area (Å²) in [5.41, 5.74) is 0.823. The van der Waals surface area contributed by atoms with Crippen molar-refractivity contribution in [3.8, 4) is 5.75 Å². The number of benzene rings is 1. The highest BCUT2D eigenvalue weighted by Crippen LogP contribution is 2.16. The smallest absolute Gasteiger partial charge is 0.327 e. The van der Waals surface area contributed by atoms with Crippen molar-refractivity contribution in [2.24, 2.45) is 0 Å². The fourth-order valence-electron chi connectivity index (χ4n) is 1.55. The van der Waals surface area contributed by atoms with Crippen molar-refractivity contribution in [1.82, 2.24) is 14.8 Å². The number of aromatic hydroxyl groups is 1. The van der Waals surface area contributed by atoms with E-state index in [9.17, 15) is 4.79 Å². The molecule has 2 N–H and O–H groups in total. The van der Waals surface area contributed by atoms with Crippen LogP contribution in [0.1, 0.15) is 11.6 Å². The van der Waals surface area contributed by atoms with Gasteiger partial charge in [-0.2, -0.15) is 0 Å². The molecule has 0 aliphatic carbocycles.